The second-order valence-electron chi connectivity index (χ2n) is 4.04. The van der Waals surface area contributed by atoms with Crippen LogP contribution in [0.5, 0.6) is 0 Å². The van der Waals surface area contributed by atoms with E-state index in [0.29, 0.717) is 12.5 Å². The molecule has 0 amide bonds. The molecule has 1 aromatic carbocycles. The molecule has 1 atom stereocenters. The third kappa shape index (κ3) is 4.66. The summed E-state index contributed by atoms with van der Waals surface area (Å²) in [5.41, 5.74) is 5.52. The lowest BCUT2D eigenvalue weighted by Gasteiger charge is -2.15. The monoisotopic (exact) mass is 283 g/mol. The smallest absolute Gasteiger partial charge is 0.324 e. The molecular weight excluding hydrogens is 270 g/mol. The van der Waals surface area contributed by atoms with Crippen LogP contribution in [0, 0.1) is 5.82 Å². The first-order valence-electron chi connectivity index (χ1n) is 4.98. The van der Waals surface area contributed by atoms with E-state index in [1.54, 1.807) is 6.92 Å². The number of hydrogen-bond donors (Lipinski definition) is 1. The fourth-order valence-electron chi connectivity index (χ4n) is 1.48. The van der Waals surface area contributed by atoms with Crippen molar-refractivity contribution in [3.05, 3.63) is 47.3 Å². The number of benzene rings is 1. The zero-order chi connectivity index (χ0) is 13.2. The highest BCUT2D eigenvalue weighted by atomic mass is 35.5. The lowest BCUT2D eigenvalue weighted by molar-refractivity contribution is -0.137. The minimum atomic E-state index is -4.57. The summed E-state index contributed by atoms with van der Waals surface area (Å²) in [6.07, 6.45) is -4.25. The molecule has 1 aromatic rings. The molecule has 0 aromatic heterocycles. The first kappa shape index (κ1) is 16.9. The molecule has 0 radical (unpaired) electrons. The van der Waals surface area contributed by atoms with Gasteiger partial charge in [0.1, 0.15) is 5.82 Å². The molecule has 0 aliphatic rings. The summed E-state index contributed by atoms with van der Waals surface area (Å²) in [5, 5.41) is 0. The second-order valence-corrected chi connectivity index (χ2v) is 4.04. The van der Waals surface area contributed by atoms with Gasteiger partial charge in [-0.05, 0) is 37.1 Å². The van der Waals surface area contributed by atoms with Gasteiger partial charge >= 0.3 is 6.18 Å². The molecule has 2 N–H and O–H groups in total. The number of hydrogen-bond acceptors (Lipinski definition) is 1. The first-order valence-corrected chi connectivity index (χ1v) is 4.98. The van der Waals surface area contributed by atoms with E-state index < -0.39 is 23.6 Å². The van der Waals surface area contributed by atoms with Crippen LogP contribution in [0.4, 0.5) is 17.6 Å². The molecule has 6 heteroatoms. The lowest BCUT2D eigenvalue weighted by atomic mass is 9.99. The Kier molecular flexibility index (Phi) is 5.83. The van der Waals surface area contributed by atoms with Gasteiger partial charge in [0.15, 0.2) is 0 Å². The standard InChI is InChI=1S/C12H13F4N.ClH/c1-7(2)3-11(17)8-4-9(12(14,15)16)6-10(13)5-8;/h4-6,11H,1,3,17H2,2H3;1H/t11-;/m1./s1. The highest BCUT2D eigenvalue weighted by Crippen LogP contribution is 2.32. The normalized spacial score (nSPS) is 12.8. The van der Waals surface area contributed by atoms with Crippen LogP contribution in [0.1, 0.15) is 30.5 Å². The van der Waals surface area contributed by atoms with Gasteiger partial charge in [0, 0.05) is 6.04 Å². The van der Waals surface area contributed by atoms with E-state index in [1.807, 2.05) is 0 Å². The van der Waals surface area contributed by atoms with Gasteiger partial charge in [0.05, 0.1) is 5.56 Å². The number of alkyl halides is 3. The Morgan fingerprint density at radius 1 is 1.33 bits per heavy atom. The zero-order valence-corrected chi connectivity index (χ0v) is 10.5. The van der Waals surface area contributed by atoms with Crippen LogP contribution >= 0.6 is 12.4 Å². The van der Waals surface area contributed by atoms with Crippen LogP contribution in [-0.4, -0.2) is 0 Å². The summed E-state index contributed by atoms with van der Waals surface area (Å²) >= 11 is 0. The highest BCUT2D eigenvalue weighted by Gasteiger charge is 2.31. The topological polar surface area (TPSA) is 26.0 Å². The molecule has 0 bridgehead atoms. The third-order valence-corrected chi connectivity index (χ3v) is 2.24. The van der Waals surface area contributed by atoms with Crippen molar-refractivity contribution >= 4 is 12.4 Å². The van der Waals surface area contributed by atoms with Crippen LogP contribution in [0.15, 0.2) is 30.4 Å². The van der Waals surface area contributed by atoms with E-state index in [4.69, 9.17) is 5.73 Å². The van der Waals surface area contributed by atoms with Gasteiger partial charge in [-0.1, -0.05) is 5.57 Å². The Hall–Kier alpha value is -1.07. The lowest BCUT2D eigenvalue weighted by Crippen LogP contribution is -2.13. The van der Waals surface area contributed by atoms with Gasteiger partial charge in [-0.3, -0.25) is 0 Å². The molecule has 0 aliphatic heterocycles. The summed E-state index contributed by atoms with van der Waals surface area (Å²) in [4.78, 5) is 0. The number of rotatable bonds is 3. The molecule has 0 spiro atoms. The Morgan fingerprint density at radius 2 is 1.89 bits per heavy atom. The molecule has 1 rings (SSSR count). The Bertz CT molecular complexity index is 429. The molecule has 0 saturated carbocycles. The Balaban J connectivity index is 0.00000289. The summed E-state index contributed by atoms with van der Waals surface area (Å²) in [6, 6.07) is 1.67. The predicted octanol–water partition coefficient (Wildman–Crippen LogP) is 4.23. The molecule has 0 unspecified atom stereocenters. The largest absolute Gasteiger partial charge is 0.416 e. The van der Waals surface area contributed by atoms with Crippen molar-refractivity contribution in [1.82, 2.24) is 0 Å². The van der Waals surface area contributed by atoms with E-state index >= 15 is 0 Å². The van der Waals surface area contributed by atoms with E-state index in [0.717, 1.165) is 17.7 Å². The fourth-order valence-corrected chi connectivity index (χ4v) is 1.48. The summed E-state index contributed by atoms with van der Waals surface area (Å²) in [6.45, 7) is 5.33. The van der Waals surface area contributed by atoms with Gasteiger partial charge in [0.25, 0.3) is 0 Å². The summed E-state index contributed by atoms with van der Waals surface area (Å²) in [5.74, 6) is -0.938. The van der Waals surface area contributed by atoms with E-state index in [-0.39, 0.29) is 18.0 Å². The third-order valence-electron chi connectivity index (χ3n) is 2.24. The maximum absolute atomic E-state index is 13.1. The molecule has 18 heavy (non-hydrogen) atoms. The van der Waals surface area contributed by atoms with Gasteiger partial charge in [0.2, 0.25) is 0 Å². The SMILES string of the molecule is C=C(C)C[C@@H](N)c1cc(F)cc(C(F)(F)F)c1.Cl. The van der Waals surface area contributed by atoms with E-state index in [1.165, 1.54) is 0 Å². The Morgan fingerprint density at radius 3 is 2.33 bits per heavy atom. The summed E-state index contributed by atoms with van der Waals surface area (Å²) in [7, 11) is 0. The maximum atomic E-state index is 13.1. The second kappa shape index (κ2) is 6.20. The summed E-state index contributed by atoms with van der Waals surface area (Å²) < 4.78 is 50.4. The van der Waals surface area contributed by atoms with Gasteiger partial charge in [-0.25, -0.2) is 4.39 Å². The van der Waals surface area contributed by atoms with Crippen molar-refractivity contribution in [2.75, 3.05) is 0 Å². The van der Waals surface area contributed by atoms with Gasteiger partial charge < -0.3 is 5.73 Å². The molecule has 0 aliphatic carbocycles. The van der Waals surface area contributed by atoms with Gasteiger partial charge in [-0.15, -0.1) is 19.0 Å². The molecule has 1 nitrogen and oxygen atoms in total. The fraction of sp³-hybridized carbons (Fsp3) is 0.333. The minimum Gasteiger partial charge on any atom is -0.324 e. The van der Waals surface area contributed by atoms with Crippen molar-refractivity contribution in [3.63, 3.8) is 0 Å². The van der Waals surface area contributed by atoms with E-state index in [9.17, 15) is 17.6 Å². The van der Waals surface area contributed by atoms with Gasteiger partial charge in [-0.2, -0.15) is 13.2 Å². The first-order chi connectivity index (χ1) is 7.70. The van der Waals surface area contributed by atoms with Crippen LogP contribution in [-0.2, 0) is 6.18 Å². The van der Waals surface area contributed by atoms with Crippen LogP contribution in [0.2, 0.25) is 0 Å². The predicted molar refractivity (Wildman–Crippen MR) is 65.0 cm³/mol. The highest BCUT2D eigenvalue weighted by molar-refractivity contribution is 5.85. The minimum absolute atomic E-state index is 0. The van der Waals surface area contributed by atoms with Crippen molar-refractivity contribution in [3.8, 4) is 0 Å². The number of nitrogens with two attached hydrogens (primary N) is 1. The van der Waals surface area contributed by atoms with Crippen molar-refractivity contribution < 1.29 is 17.6 Å². The van der Waals surface area contributed by atoms with Crippen LogP contribution < -0.4 is 5.73 Å². The quantitative estimate of drug-likeness (QED) is 0.652. The molecule has 0 heterocycles. The molecular formula is C12H14ClF4N. The maximum Gasteiger partial charge on any atom is 0.416 e. The van der Waals surface area contributed by atoms with Crippen LogP contribution in [0.3, 0.4) is 0 Å². The average molecular weight is 284 g/mol. The van der Waals surface area contributed by atoms with E-state index in [2.05, 4.69) is 6.58 Å². The van der Waals surface area contributed by atoms with Crippen molar-refractivity contribution in [2.24, 2.45) is 5.73 Å². The molecule has 0 saturated heterocycles. The van der Waals surface area contributed by atoms with Crippen molar-refractivity contribution in [1.29, 1.82) is 0 Å². The molecule has 102 valence electrons. The number of halogens is 5. The molecule has 0 fully saturated rings. The van der Waals surface area contributed by atoms with Crippen molar-refractivity contribution in [2.45, 2.75) is 25.6 Å². The zero-order valence-electron chi connectivity index (χ0n) is 9.72. The average Bonchev–Trinajstić information content (AvgIpc) is 2.14. The Labute approximate surface area is 109 Å². The van der Waals surface area contributed by atoms with Crippen LogP contribution in [0.25, 0.3) is 0 Å².